The fourth-order valence-corrected chi connectivity index (χ4v) is 4.54. The zero-order chi connectivity index (χ0) is 40.7. The number of hydrogen-bond donors (Lipinski definition) is 1. The Bertz CT molecular complexity index is 2120. The van der Waals surface area contributed by atoms with Gasteiger partial charge in [-0.15, -0.1) is 19.5 Å². The number of benzene rings is 3. The second-order valence-electron chi connectivity index (χ2n) is 9.81. The fourth-order valence-electron chi connectivity index (χ4n) is 4.04. The van der Waals surface area contributed by atoms with Crippen LogP contribution in [0.3, 0.4) is 0 Å². The molecular formula is C30H34N7O16S+. The predicted molar refractivity (Wildman–Crippen MR) is 184 cm³/mol. The molecule has 0 aliphatic carbocycles. The van der Waals surface area contributed by atoms with Crippen molar-refractivity contribution in [1.82, 2.24) is 15.0 Å². The Morgan fingerprint density at radius 1 is 0.685 bits per heavy atom. The van der Waals surface area contributed by atoms with Crippen molar-refractivity contribution in [1.29, 1.82) is 0 Å². The molecule has 5 aromatic rings. The highest BCUT2D eigenvalue weighted by molar-refractivity contribution is 7.85. The van der Waals surface area contributed by atoms with Gasteiger partial charge in [0.05, 0.1) is 57.4 Å². The molecule has 2 heterocycles. The van der Waals surface area contributed by atoms with Crippen LogP contribution in [0.15, 0.2) is 63.9 Å². The van der Waals surface area contributed by atoms with Crippen LogP contribution in [-0.2, 0) is 17.2 Å². The molecule has 0 fully saturated rings. The molecule has 0 unspecified atom stereocenters. The largest absolute Gasteiger partial charge is 0.560 e. The monoisotopic (exact) mass is 780 g/mol. The van der Waals surface area contributed by atoms with Gasteiger partial charge >= 0.3 is 41.2 Å². The first-order valence-corrected chi connectivity index (χ1v) is 16.0. The van der Waals surface area contributed by atoms with Crippen LogP contribution in [0.5, 0.6) is 35.6 Å². The third-order valence-electron chi connectivity index (χ3n) is 6.43. The Hall–Kier alpha value is -6.95. The predicted octanol–water partition coefficient (Wildman–Crippen LogP) is 3.83. The molecule has 0 aliphatic heterocycles. The van der Waals surface area contributed by atoms with Crippen LogP contribution in [0, 0.1) is 37.3 Å². The number of ether oxygens (including phenoxy) is 6. The fraction of sp³-hybridized carbons (Fsp3) is 0.267. The first-order chi connectivity index (χ1) is 25.4. The van der Waals surface area contributed by atoms with Crippen LogP contribution in [0.4, 0.5) is 17.1 Å². The Morgan fingerprint density at radius 2 is 1.17 bits per heavy atom. The van der Waals surface area contributed by atoms with E-state index in [-0.39, 0.29) is 29.5 Å². The van der Waals surface area contributed by atoms with Crippen LogP contribution in [0.1, 0.15) is 5.56 Å². The summed E-state index contributed by atoms with van der Waals surface area (Å²) in [5.74, 6) is -0.400. The highest BCUT2D eigenvalue weighted by atomic mass is 32.2. The van der Waals surface area contributed by atoms with E-state index in [9.17, 15) is 38.8 Å². The van der Waals surface area contributed by atoms with Crippen molar-refractivity contribution in [2.75, 3.05) is 42.7 Å². The number of fused-ring (bicyclic) bond motifs is 1. The summed E-state index contributed by atoms with van der Waals surface area (Å²) in [6, 6.07) is 13.6. The molecule has 0 aliphatic rings. The minimum absolute atomic E-state index is 0.0765. The van der Waals surface area contributed by atoms with Crippen LogP contribution in [-0.4, -0.2) is 85.4 Å². The third-order valence-corrected chi connectivity index (χ3v) is 7.28. The molecule has 290 valence electrons. The van der Waals surface area contributed by atoms with Gasteiger partial charge in [0.25, 0.3) is 21.4 Å². The van der Waals surface area contributed by atoms with Gasteiger partial charge in [0.15, 0.2) is 5.75 Å². The number of nitro groups is 3. The summed E-state index contributed by atoms with van der Waals surface area (Å²) in [7, 11) is 5.79. The van der Waals surface area contributed by atoms with Crippen molar-refractivity contribution in [2.45, 2.75) is 11.8 Å². The standard InChI is InChI=1S/C9H10NO2.C8H8N2O5.C7H7NO6S.C6H9N3O3/c1-10-7-5-3-4-6-8(7)12-9(10)11-2;1-5-3-6(9(11)12)8(15-2)7(4-5)10(13)14;1-14-7-3-2-5(15(11,12)13)4-6(7)8(9)10;1-10-4-7-5(11-2)9-6(8-4)12-3/h3-6H,1-2H3;3-4H,1-2H3;2-4H,1H3,(H,11,12,13);1-3H3/q+1;;;. The lowest BCUT2D eigenvalue weighted by molar-refractivity contribution is -0.656. The summed E-state index contributed by atoms with van der Waals surface area (Å²) in [5, 5.41) is 31.7. The molecule has 1 N–H and O–H groups in total. The zero-order valence-corrected chi connectivity index (χ0v) is 30.6. The summed E-state index contributed by atoms with van der Waals surface area (Å²) in [6.07, 6.45) is 0.524. The van der Waals surface area contributed by atoms with Crippen molar-refractivity contribution in [3.8, 4) is 35.6 Å². The topological polar surface area (TPSA) is 295 Å². The molecule has 3 aromatic carbocycles. The molecule has 54 heavy (non-hydrogen) atoms. The molecule has 0 spiro atoms. The highest BCUT2D eigenvalue weighted by Gasteiger charge is 2.27. The van der Waals surface area contributed by atoms with E-state index in [0.29, 0.717) is 11.6 Å². The van der Waals surface area contributed by atoms with Gasteiger partial charge in [-0.1, -0.05) is 12.1 Å². The number of nitrogens with zero attached hydrogens (tertiary/aromatic N) is 7. The van der Waals surface area contributed by atoms with Crippen molar-refractivity contribution in [2.24, 2.45) is 7.05 Å². The molecule has 0 saturated heterocycles. The lowest BCUT2D eigenvalue weighted by Gasteiger charge is -2.03. The minimum atomic E-state index is -4.44. The number of aromatic nitrogens is 4. The number of oxazole rings is 1. The highest BCUT2D eigenvalue weighted by Crippen LogP contribution is 2.37. The summed E-state index contributed by atoms with van der Waals surface area (Å²) in [6.45, 7) is 1.54. The Balaban J connectivity index is 0.000000250. The molecule has 24 heteroatoms. The van der Waals surface area contributed by atoms with Crippen molar-refractivity contribution < 1.29 is 65.1 Å². The maximum atomic E-state index is 10.7. The van der Waals surface area contributed by atoms with Crippen LogP contribution >= 0.6 is 0 Å². The van der Waals surface area contributed by atoms with Gasteiger partial charge < -0.3 is 32.8 Å². The smallest absolute Gasteiger partial charge is 0.490 e. The number of nitro benzene ring substituents is 3. The van der Waals surface area contributed by atoms with Crippen LogP contribution < -0.4 is 33.0 Å². The molecular weight excluding hydrogens is 746 g/mol. The van der Waals surface area contributed by atoms with E-state index in [4.69, 9.17) is 27.9 Å². The van der Waals surface area contributed by atoms with Gasteiger partial charge in [-0.2, -0.15) is 8.42 Å². The van der Waals surface area contributed by atoms with E-state index < -0.39 is 46.8 Å². The molecule has 23 nitrogen and oxygen atoms in total. The molecule has 0 atom stereocenters. The van der Waals surface area contributed by atoms with E-state index in [1.807, 2.05) is 35.9 Å². The van der Waals surface area contributed by atoms with Gasteiger partial charge in [0.1, 0.15) is 11.9 Å². The SMILES string of the molecule is COc1c([N+](=O)[O-])cc(C)cc1[N+](=O)[O-].COc1ccc(S(=O)(=O)O)cc1[N+](=O)[O-].COc1nc(OC)nc(OC)n1.COc1oc2ccccc2[n+]1C. The van der Waals surface area contributed by atoms with Crippen LogP contribution in [0.25, 0.3) is 11.1 Å². The Morgan fingerprint density at radius 3 is 1.54 bits per heavy atom. The maximum absolute atomic E-state index is 10.7. The average Bonchev–Trinajstić information content (AvgIpc) is 3.49. The van der Waals surface area contributed by atoms with Crippen molar-refractivity contribution >= 4 is 38.3 Å². The Kier molecular flexibility index (Phi) is 15.7. The Labute approximate surface area is 305 Å². The number of methoxy groups -OCH3 is 6. The first kappa shape index (κ1) is 43.2. The normalized spacial score (nSPS) is 10.2. The van der Waals surface area contributed by atoms with Gasteiger partial charge in [-0.25, -0.2) is 0 Å². The van der Waals surface area contributed by atoms with Crippen molar-refractivity contribution in [3.63, 3.8) is 0 Å². The van der Waals surface area contributed by atoms with Gasteiger partial charge in [0, 0.05) is 24.3 Å². The second-order valence-corrected chi connectivity index (χ2v) is 11.2. The molecule has 0 radical (unpaired) electrons. The second kappa shape index (κ2) is 19.6. The van der Waals surface area contributed by atoms with E-state index in [1.165, 1.54) is 40.6 Å². The molecule has 0 saturated carbocycles. The number of para-hydroxylation sites is 2. The summed E-state index contributed by atoms with van der Waals surface area (Å²) in [5.41, 5.74) is 1.00. The molecule has 2 aromatic heterocycles. The van der Waals surface area contributed by atoms with Gasteiger partial charge in [0.2, 0.25) is 5.58 Å². The molecule has 0 bridgehead atoms. The van der Waals surface area contributed by atoms with E-state index in [1.54, 1.807) is 14.0 Å². The minimum Gasteiger partial charge on any atom is -0.490 e. The lowest BCUT2D eigenvalue weighted by Crippen LogP contribution is -2.27. The number of hydrogen-bond acceptors (Lipinski definition) is 18. The van der Waals surface area contributed by atoms with Gasteiger partial charge in [-0.05, 0) is 30.7 Å². The molecule has 0 amide bonds. The molecule has 5 rings (SSSR count). The lowest BCUT2D eigenvalue weighted by atomic mass is 10.2. The average molecular weight is 781 g/mol. The van der Waals surface area contributed by atoms with Crippen LogP contribution in [0.2, 0.25) is 0 Å². The summed E-state index contributed by atoms with van der Waals surface area (Å²) >= 11 is 0. The van der Waals surface area contributed by atoms with E-state index in [0.717, 1.165) is 36.4 Å². The van der Waals surface area contributed by atoms with Gasteiger partial charge in [-0.3, -0.25) is 34.9 Å². The van der Waals surface area contributed by atoms with E-state index >= 15 is 0 Å². The summed E-state index contributed by atoms with van der Waals surface area (Å²) in [4.78, 5) is 40.3. The number of rotatable bonds is 10. The number of aryl methyl sites for hydroxylation is 2. The summed E-state index contributed by atoms with van der Waals surface area (Å²) < 4.78 is 66.0. The zero-order valence-electron chi connectivity index (χ0n) is 29.8. The van der Waals surface area contributed by atoms with E-state index in [2.05, 4.69) is 24.4 Å². The maximum Gasteiger partial charge on any atom is 0.560 e. The van der Waals surface area contributed by atoms with Crippen molar-refractivity contribution in [3.05, 3.63) is 90.5 Å². The first-order valence-electron chi connectivity index (χ1n) is 14.5. The third kappa shape index (κ3) is 11.5. The quantitative estimate of drug-likeness (QED) is 0.0911.